The van der Waals surface area contributed by atoms with E-state index in [2.05, 4.69) is 24.3 Å². The van der Waals surface area contributed by atoms with Gasteiger partial charge < -0.3 is 13.6 Å². The molecule has 1 heterocycles. The molecule has 0 N–H and O–H groups in total. The third-order valence-electron chi connectivity index (χ3n) is 6.38. The molecule has 4 aromatic carbocycles. The number of nitrogens with zero attached hydrogens (tertiary/aromatic N) is 1. The zero-order valence-corrected chi connectivity index (χ0v) is 21.8. The molecule has 0 spiro atoms. The molecular weight excluding hydrogens is 484 g/mol. The number of aromatic nitrogens is 1. The van der Waals surface area contributed by atoms with Crippen LogP contribution < -0.4 is 5.44 Å². The summed E-state index contributed by atoms with van der Waals surface area (Å²) in [5.41, 5.74) is 4.20. The molecule has 4 nitrogen and oxygen atoms in total. The summed E-state index contributed by atoms with van der Waals surface area (Å²) < 4.78 is 42.3. The van der Waals surface area contributed by atoms with Gasteiger partial charge in [0.05, 0.1) is 19.1 Å². The molecule has 0 unspecified atom stereocenters. The Bertz CT molecular complexity index is 1480. The largest absolute Gasteiger partial charge is 0.378 e. The number of halogens is 1. The molecule has 5 rings (SSSR count). The maximum atomic E-state index is 14.5. The van der Waals surface area contributed by atoms with Crippen molar-refractivity contribution in [2.24, 2.45) is 0 Å². The first kappa shape index (κ1) is 25.2. The van der Waals surface area contributed by atoms with E-state index < -0.39 is 7.60 Å². The molecule has 5 aromatic rings. The summed E-state index contributed by atoms with van der Waals surface area (Å²) in [6.07, 6.45) is 0. The number of hydrogen-bond donors (Lipinski definition) is 0. The van der Waals surface area contributed by atoms with E-state index in [1.807, 2.05) is 65.2 Å². The fraction of sp³-hybridized carbons (Fsp3) is 0.161. The van der Waals surface area contributed by atoms with Crippen molar-refractivity contribution in [1.29, 1.82) is 0 Å². The number of rotatable bonds is 9. The minimum atomic E-state index is -3.76. The van der Waals surface area contributed by atoms with Gasteiger partial charge in [0.2, 0.25) is 0 Å². The molecule has 0 fully saturated rings. The van der Waals surface area contributed by atoms with E-state index in [-0.39, 0.29) is 24.9 Å². The van der Waals surface area contributed by atoms with Crippen LogP contribution in [0.1, 0.15) is 36.6 Å². The highest BCUT2D eigenvalue weighted by Gasteiger charge is 2.38. The minimum absolute atomic E-state index is 0.206. The maximum Gasteiger partial charge on any atom is 0.378 e. The second-order valence-corrected chi connectivity index (χ2v) is 10.6. The van der Waals surface area contributed by atoms with Crippen LogP contribution in [0.15, 0.2) is 109 Å². The highest BCUT2D eigenvalue weighted by Crippen LogP contribution is 2.51. The third-order valence-corrected chi connectivity index (χ3v) is 8.53. The lowest BCUT2D eigenvalue weighted by Crippen LogP contribution is -2.23. The molecule has 188 valence electrons. The van der Waals surface area contributed by atoms with Crippen LogP contribution in [0.25, 0.3) is 16.5 Å². The highest BCUT2D eigenvalue weighted by atomic mass is 31.2. The summed E-state index contributed by atoms with van der Waals surface area (Å²) in [5.74, 6) is -0.549. The summed E-state index contributed by atoms with van der Waals surface area (Å²) in [6.45, 7) is 4.04. The minimum Gasteiger partial charge on any atom is -0.305 e. The summed E-state index contributed by atoms with van der Waals surface area (Å²) in [7, 11) is -3.76. The Morgan fingerprint density at radius 2 is 1.19 bits per heavy atom. The topological polar surface area (TPSA) is 40.5 Å². The van der Waals surface area contributed by atoms with Gasteiger partial charge in [-0.05, 0) is 49.2 Å². The molecule has 0 saturated carbocycles. The first-order valence-corrected chi connectivity index (χ1v) is 14.0. The normalized spacial score (nSPS) is 11.9. The number of benzene rings is 4. The SMILES string of the molecule is CCOP(=O)(OCC)c1c2ccccc2c(C(c2ccccc2)c2ccccc2)n1-c1ccc(F)cc1. The standard InChI is InChI=1S/C31H29FNO3P/c1-3-35-37(34,36-4-2)31-28-18-12-11-17-27(28)30(33(31)26-21-19-25(32)20-22-26)29(23-13-7-5-8-14-23)24-15-9-6-10-16-24/h5-22,29H,3-4H2,1-2H3. The van der Waals surface area contributed by atoms with Crippen molar-refractivity contribution in [3.8, 4) is 5.69 Å². The molecule has 0 aliphatic carbocycles. The molecule has 0 amide bonds. The summed E-state index contributed by atoms with van der Waals surface area (Å²) in [4.78, 5) is 0. The first-order valence-electron chi connectivity index (χ1n) is 12.5. The van der Waals surface area contributed by atoms with Gasteiger partial charge in [0, 0.05) is 22.2 Å². The van der Waals surface area contributed by atoms with Crippen LogP contribution in [0.3, 0.4) is 0 Å². The Kier molecular flexibility index (Phi) is 7.38. The molecule has 0 atom stereocenters. The van der Waals surface area contributed by atoms with Crippen LogP contribution >= 0.6 is 7.60 Å². The predicted molar refractivity (Wildman–Crippen MR) is 148 cm³/mol. The number of hydrogen-bond acceptors (Lipinski definition) is 3. The zero-order valence-electron chi connectivity index (χ0n) is 20.9. The Balaban J connectivity index is 1.95. The Labute approximate surface area is 216 Å². The Hall–Kier alpha value is -3.50. The van der Waals surface area contributed by atoms with Crippen LogP contribution in [0.5, 0.6) is 0 Å². The van der Waals surface area contributed by atoms with Gasteiger partial charge in [0.25, 0.3) is 0 Å². The van der Waals surface area contributed by atoms with E-state index in [0.29, 0.717) is 11.1 Å². The van der Waals surface area contributed by atoms with Gasteiger partial charge in [-0.25, -0.2) is 4.39 Å². The van der Waals surface area contributed by atoms with Crippen LogP contribution in [0.4, 0.5) is 4.39 Å². The van der Waals surface area contributed by atoms with Gasteiger partial charge in [0.1, 0.15) is 11.3 Å². The van der Waals surface area contributed by atoms with Crippen LogP contribution in [-0.4, -0.2) is 17.8 Å². The van der Waals surface area contributed by atoms with Crippen molar-refractivity contribution in [2.45, 2.75) is 19.8 Å². The average Bonchev–Trinajstić information content (AvgIpc) is 3.26. The predicted octanol–water partition coefficient (Wildman–Crippen LogP) is 7.84. The van der Waals surface area contributed by atoms with Crippen molar-refractivity contribution < 1.29 is 18.0 Å². The average molecular weight is 514 g/mol. The highest BCUT2D eigenvalue weighted by molar-refractivity contribution is 7.62. The van der Waals surface area contributed by atoms with Crippen molar-refractivity contribution in [1.82, 2.24) is 4.57 Å². The summed E-state index contributed by atoms with van der Waals surface area (Å²) >= 11 is 0. The van der Waals surface area contributed by atoms with E-state index in [9.17, 15) is 8.96 Å². The Morgan fingerprint density at radius 3 is 1.70 bits per heavy atom. The van der Waals surface area contributed by atoms with E-state index in [0.717, 1.165) is 27.6 Å². The monoisotopic (exact) mass is 513 g/mol. The lowest BCUT2D eigenvalue weighted by atomic mass is 9.87. The zero-order chi connectivity index (χ0) is 25.8. The van der Waals surface area contributed by atoms with Crippen molar-refractivity contribution in [3.63, 3.8) is 0 Å². The Morgan fingerprint density at radius 1 is 0.703 bits per heavy atom. The lowest BCUT2D eigenvalue weighted by molar-refractivity contribution is 0.229. The van der Waals surface area contributed by atoms with Crippen LogP contribution in [0, 0.1) is 5.82 Å². The summed E-state index contributed by atoms with van der Waals surface area (Å²) in [6, 6.07) is 34.6. The molecule has 0 aliphatic rings. The lowest BCUT2D eigenvalue weighted by Gasteiger charge is -2.25. The molecule has 0 saturated heterocycles. The van der Waals surface area contributed by atoms with Gasteiger partial charge in [-0.15, -0.1) is 0 Å². The van der Waals surface area contributed by atoms with Crippen LogP contribution in [-0.2, 0) is 13.6 Å². The van der Waals surface area contributed by atoms with Gasteiger partial charge in [-0.2, -0.15) is 0 Å². The molecule has 0 radical (unpaired) electrons. The van der Waals surface area contributed by atoms with Gasteiger partial charge in [-0.3, -0.25) is 4.57 Å². The van der Waals surface area contributed by atoms with Gasteiger partial charge in [0.15, 0.2) is 0 Å². The second kappa shape index (κ2) is 10.9. The van der Waals surface area contributed by atoms with Crippen molar-refractivity contribution in [2.75, 3.05) is 13.2 Å². The van der Waals surface area contributed by atoms with E-state index in [4.69, 9.17) is 9.05 Å². The fourth-order valence-electron chi connectivity index (χ4n) is 4.96. The fourth-order valence-corrected chi connectivity index (χ4v) is 6.92. The molecule has 6 heteroatoms. The van der Waals surface area contributed by atoms with Crippen molar-refractivity contribution >= 4 is 23.8 Å². The molecule has 0 aliphatic heterocycles. The molecule has 1 aromatic heterocycles. The van der Waals surface area contributed by atoms with Gasteiger partial charge in [-0.1, -0.05) is 84.9 Å². The molecule has 0 bridgehead atoms. The number of fused-ring (bicyclic) bond motifs is 1. The van der Waals surface area contributed by atoms with E-state index >= 15 is 0 Å². The third kappa shape index (κ3) is 4.78. The van der Waals surface area contributed by atoms with Gasteiger partial charge >= 0.3 is 7.60 Å². The van der Waals surface area contributed by atoms with E-state index in [1.165, 1.54) is 12.1 Å². The maximum absolute atomic E-state index is 14.5. The smallest absolute Gasteiger partial charge is 0.305 e. The first-order chi connectivity index (χ1) is 18.1. The van der Waals surface area contributed by atoms with Crippen molar-refractivity contribution in [3.05, 3.63) is 132 Å². The van der Waals surface area contributed by atoms with Crippen LogP contribution in [0.2, 0.25) is 0 Å². The summed E-state index contributed by atoms with van der Waals surface area (Å²) in [5, 5.41) is 1.71. The second-order valence-electron chi connectivity index (χ2n) is 8.65. The quantitative estimate of drug-likeness (QED) is 0.189. The molecule has 37 heavy (non-hydrogen) atoms. The molecular formula is C31H29FNO3P. The van der Waals surface area contributed by atoms with E-state index in [1.54, 1.807) is 26.0 Å².